The third kappa shape index (κ3) is 4.92. The maximum atomic E-state index is 11.9. The maximum absolute atomic E-state index is 11.9. The van der Waals surface area contributed by atoms with Gasteiger partial charge in [-0.25, -0.2) is 9.52 Å². The molecule has 0 bridgehead atoms. The summed E-state index contributed by atoms with van der Waals surface area (Å²) in [5.41, 5.74) is 5.53. The highest BCUT2D eigenvalue weighted by Gasteiger charge is 2.30. The molecule has 3 N–H and O–H groups in total. The number of nitrogens with two attached hydrogens (primary N) is 1. The molecule has 1 amide bonds. The summed E-state index contributed by atoms with van der Waals surface area (Å²) in [7, 11) is -3.85. The molecule has 9 heteroatoms. The summed E-state index contributed by atoms with van der Waals surface area (Å²) < 4.78 is 31.6. The first kappa shape index (κ1) is 16.1. The summed E-state index contributed by atoms with van der Waals surface area (Å²) in [6, 6.07) is 0. The predicted molar refractivity (Wildman–Crippen MR) is 74.8 cm³/mol. The summed E-state index contributed by atoms with van der Waals surface area (Å²) in [5, 5.41) is 0. The van der Waals surface area contributed by atoms with Crippen LogP contribution in [0.2, 0.25) is 0 Å². The van der Waals surface area contributed by atoms with Crippen LogP contribution in [-0.2, 0) is 14.9 Å². The molecule has 7 nitrogen and oxygen atoms in total. The number of carbonyl (C=O) groups excluding carboxylic acids is 1. The van der Waals surface area contributed by atoms with Crippen LogP contribution in [0.3, 0.4) is 0 Å². The third-order valence-electron chi connectivity index (χ3n) is 2.75. The monoisotopic (exact) mass is 309 g/mol. The number of hydrogen-bond acceptors (Lipinski definition) is 5. The van der Waals surface area contributed by atoms with Crippen molar-refractivity contribution in [1.29, 1.82) is 0 Å². The first-order valence-electron chi connectivity index (χ1n) is 6.00. The largest absolute Gasteiger partial charge is 0.446 e. The Hall–Kier alpha value is -0.930. The topological polar surface area (TPSA) is 102 Å². The van der Waals surface area contributed by atoms with Crippen LogP contribution in [0.25, 0.3) is 0 Å². The van der Waals surface area contributed by atoms with E-state index in [1.54, 1.807) is 13.8 Å². The fraction of sp³-hybridized carbons (Fsp3) is 0.800. The van der Waals surface area contributed by atoms with Crippen LogP contribution < -0.4 is 10.5 Å². The second-order valence-electron chi connectivity index (χ2n) is 4.64. The summed E-state index contributed by atoms with van der Waals surface area (Å²) in [4.78, 5) is 11.7. The number of ether oxygens (including phenoxy) is 1. The number of carbonyl (C=O) groups is 1. The van der Waals surface area contributed by atoms with Gasteiger partial charge in [0.05, 0.1) is 11.1 Å². The van der Waals surface area contributed by atoms with Crippen LogP contribution in [0.1, 0.15) is 26.7 Å². The number of nitrogens with zero attached hydrogens (tertiary/aromatic N) is 1. The molecule has 1 saturated heterocycles. The Morgan fingerprint density at radius 2 is 1.95 bits per heavy atom. The first-order valence-corrected chi connectivity index (χ1v) is 7.85. The summed E-state index contributed by atoms with van der Waals surface area (Å²) in [6.07, 6.45) is -0.215. The van der Waals surface area contributed by atoms with Gasteiger partial charge in [0.1, 0.15) is 0 Å². The van der Waals surface area contributed by atoms with Gasteiger partial charge in [-0.3, -0.25) is 0 Å². The molecule has 0 unspecified atom stereocenters. The minimum absolute atomic E-state index is 0.0593. The number of amides is 1. The molecule has 0 radical (unpaired) electrons. The Labute approximate surface area is 118 Å². The van der Waals surface area contributed by atoms with E-state index in [0.29, 0.717) is 17.8 Å². The number of rotatable bonds is 4. The molecule has 1 fully saturated rings. The van der Waals surface area contributed by atoms with Crippen LogP contribution in [0.4, 0.5) is 4.79 Å². The molecule has 1 rings (SSSR count). The summed E-state index contributed by atoms with van der Waals surface area (Å²) >= 11 is 4.88. The van der Waals surface area contributed by atoms with E-state index in [1.807, 2.05) is 4.72 Å². The van der Waals surface area contributed by atoms with E-state index in [4.69, 9.17) is 22.7 Å². The van der Waals surface area contributed by atoms with Crippen LogP contribution in [0.15, 0.2) is 0 Å². The van der Waals surface area contributed by atoms with E-state index >= 15 is 0 Å². The van der Waals surface area contributed by atoms with Crippen molar-refractivity contribution in [2.75, 3.05) is 13.1 Å². The standard InChI is InChI=1S/C10H19N3O4S2/c1-7(2)17-10(14)12-19(15,16)13-5-3-8(4-6-13)9(11)18/h7-8H,3-6H2,1-2H3,(H2,11,18)(H,12,14). The SMILES string of the molecule is CC(C)OC(=O)NS(=O)(=O)N1CCC(C(N)=S)CC1. The van der Waals surface area contributed by atoms with Crippen molar-refractivity contribution in [3.63, 3.8) is 0 Å². The Morgan fingerprint density at radius 1 is 1.42 bits per heavy atom. The third-order valence-corrected chi connectivity index (χ3v) is 4.55. The van der Waals surface area contributed by atoms with Crippen molar-refractivity contribution in [3.05, 3.63) is 0 Å². The van der Waals surface area contributed by atoms with E-state index in [2.05, 4.69) is 0 Å². The molecule has 0 saturated carbocycles. The van der Waals surface area contributed by atoms with Crippen molar-refractivity contribution >= 4 is 33.5 Å². The lowest BCUT2D eigenvalue weighted by Gasteiger charge is -2.30. The van der Waals surface area contributed by atoms with Gasteiger partial charge in [-0.05, 0) is 26.7 Å². The highest BCUT2D eigenvalue weighted by molar-refractivity contribution is 7.87. The van der Waals surface area contributed by atoms with Gasteiger partial charge in [0, 0.05) is 19.0 Å². The zero-order valence-electron chi connectivity index (χ0n) is 11.0. The number of thiocarbonyl (C=S) groups is 1. The Bertz CT molecular complexity index is 442. The van der Waals surface area contributed by atoms with Gasteiger partial charge in [-0.1, -0.05) is 12.2 Å². The highest BCUT2D eigenvalue weighted by Crippen LogP contribution is 2.19. The van der Waals surface area contributed by atoms with Gasteiger partial charge in [-0.15, -0.1) is 0 Å². The number of hydrogen-bond donors (Lipinski definition) is 2. The van der Waals surface area contributed by atoms with Crippen LogP contribution >= 0.6 is 12.2 Å². The van der Waals surface area contributed by atoms with E-state index in [9.17, 15) is 13.2 Å². The average molecular weight is 309 g/mol. The van der Waals surface area contributed by atoms with Crippen molar-refractivity contribution in [3.8, 4) is 0 Å². The molecule has 110 valence electrons. The lowest BCUT2D eigenvalue weighted by molar-refractivity contribution is 0.120. The minimum atomic E-state index is -3.85. The smallest absolute Gasteiger partial charge is 0.422 e. The Balaban J connectivity index is 2.55. The van der Waals surface area contributed by atoms with Crippen molar-refractivity contribution in [2.45, 2.75) is 32.8 Å². The van der Waals surface area contributed by atoms with Crippen LogP contribution in [0.5, 0.6) is 0 Å². The van der Waals surface area contributed by atoms with Gasteiger partial charge in [0.2, 0.25) is 0 Å². The Kier molecular flexibility index (Phi) is 5.50. The molecule has 0 aromatic rings. The molecule has 0 aromatic heterocycles. The van der Waals surface area contributed by atoms with Gasteiger partial charge in [0.15, 0.2) is 0 Å². The van der Waals surface area contributed by atoms with Gasteiger partial charge < -0.3 is 10.5 Å². The van der Waals surface area contributed by atoms with Crippen molar-refractivity contribution in [2.24, 2.45) is 11.7 Å². The average Bonchev–Trinajstić information content (AvgIpc) is 2.27. The highest BCUT2D eigenvalue weighted by atomic mass is 32.2. The second kappa shape index (κ2) is 6.49. The lowest BCUT2D eigenvalue weighted by Crippen LogP contribution is -2.48. The summed E-state index contributed by atoms with van der Waals surface area (Å²) in [5.74, 6) is 0.0593. The van der Waals surface area contributed by atoms with E-state index in [0.717, 1.165) is 0 Å². The van der Waals surface area contributed by atoms with Gasteiger partial charge in [0.25, 0.3) is 0 Å². The number of nitrogens with one attached hydrogen (secondary N) is 1. The lowest BCUT2D eigenvalue weighted by atomic mass is 9.98. The molecule has 1 aliphatic rings. The zero-order valence-corrected chi connectivity index (χ0v) is 12.6. The molecular formula is C10H19N3O4S2. The van der Waals surface area contributed by atoms with Crippen molar-refractivity contribution < 1.29 is 17.9 Å². The van der Waals surface area contributed by atoms with Crippen LogP contribution in [-0.4, -0.2) is 43.0 Å². The molecule has 0 aromatic carbocycles. The molecule has 19 heavy (non-hydrogen) atoms. The van der Waals surface area contributed by atoms with Crippen molar-refractivity contribution in [1.82, 2.24) is 9.03 Å². The molecular weight excluding hydrogens is 290 g/mol. The minimum Gasteiger partial charge on any atom is -0.446 e. The van der Waals surface area contributed by atoms with Gasteiger partial charge in [-0.2, -0.15) is 12.7 Å². The quantitative estimate of drug-likeness (QED) is 0.727. The zero-order chi connectivity index (χ0) is 14.6. The molecule has 0 spiro atoms. The maximum Gasteiger partial charge on any atom is 0.422 e. The molecule has 0 atom stereocenters. The number of piperidine rings is 1. The first-order chi connectivity index (χ1) is 8.72. The van der Waals surface area contributed by atoms with Gasteiger partial charge >= 0.3 is 16.3 Å². The fourth-order valence-corrected chi connectivity index (χ4v) is 3.10. The predicted octanol–water partition coefficient (Wildman–Crippen LogP) is 0.364. The molecule has 0 aliphatic carbocycles. The normalized spacial score (nSPS) is 18.3. The fourth-order valence-electron chi connectivity index (χ4n) is 1.79. The summed E-state index contributed by atoms with van der Waals surface area (Å²) in [6.45, 7) is 3.85. The van der Waals surface area contributed by atoms with Crippen LogP contribution in [0, 0.1) is 5.92 Å². The van der Waals surface area contributed by atoms with E-state index in [1.165, 1.54) is 4.31 Å². The molecule has 1 aliphatic heterocycles. The Morgan fingerprint density at radius 3 is 2.37 bits per heavy atom. The van der Waals surface area contributed by atoms with E-state index in [-0.39, 0.29) is 25.1 Å². The molecule has 1 heterocycles. The van der Waals surface area contributed by atoms with E-state index < -0.39 is 16.3 Å². The second-order valence-corrected chi connectivity index (χ2v) is 6.78.